The summed E-state index contributed by atoms with van der Waals surface area (Å²) >= 11 is 7.10. The molecule has 0 unspecified atom stereocenters. The zero-order valence-electron chi connectivity index (χ0n) is 6.52. The maximum atomic E-state index is 2.39. The van der Waals surface area contributed by atoms with Crippen molar-refractivity contribution in [1.29, 1.82) is 0 Å². The minimum absolute atomic E-state index is 1.30. The fourth-order valence-corrected chi connectivity index (χ4v) is 3.79. The van der Waals surface area contributed by atoms with Crippen molar-refractivity contribution in [3.8, 4) is 0 Å². The average molecular weight is 506 g/mol. The SMILES string of the molecule is Ic1cc(I)c2cc(I)ccc2c1. The van der Waals surface area contributed by atoms with Gasteiger partial charge in [0.05, 0.1) is 0 Å². The maximum absolute atomic E-state index is 2.39. The van der Waals surface area contributed by atoms with Crippen LogP contribution in [0.4, 0.5) is 0 Å². The first-order valence-corrected chi connectivity index (χ1v) is 6.95. The van der Waals surface area contributed by atoms with E-state index in [1.54, 1.807) is 0 Å². The summed E-state index contributed by atoms with van der Waals surface area (Å²) < 4.78 is 3.93. The summed E-state index contributed by atoms with van der Waals surface area (Å²) in [5.41, 5.74) is 0. The standard InChI is InChI=1S/C10H5I3/c11-7-2-1-6-3-8(12)5-10(13)9(6)4-7/h1-5H. The molecule has 0 saturated carbocycles. The summed E-state index contributed by atoms with van der Waals surface area (Å²) in [5, 5.41) is 2.68. The highest BCUT2D eigenvalue weighted by atomic mass is 127. The Morgan fingerprint density at radius 2 is 1.54 bits per heavy atom. The van der Waals surface area contributed by atoms with Gasteiger partial charge in [0.15, 0.2) is 0 Å². The molecule has 0 radical (unpaired) electrons. The van der Waals surface area contributed by atoms with Crippen molar-refractivity contribution >= 4 is 78.5 Å². The van der Waals surface area contributed by atoms with E-state index in [1.807, 2.05) is 0 Å². The molecule has 0 aliphatic carbocycles. The van der Waals surface area contributed by atoms with Gasteiger partial charge in [0.25, 0.3) is 0 Å². The molecule has 3 heteroatoms. The van der Waals surface area contributed by atoms with Crippen LogP contribution in [-0.4, -0.2) is 0 Å². The molecule has 0 aromatic heterocycles. The summed E-state index contributed by atoms with van der Waals surface area (Å²) in [7, 11) is 0. The molecule has 2 aromatic carbocycles. The predicted octanol–water partition coefficient (Wildman–Crippen LogP) is 4.65. The van der Waals surface area contributed by atoms with Crippen molar-refractivity contribution in [2.24, 2.45) is 0 Å². The zero-order chi connectivity index (χ0) is 9.42. The monoisotopic (exact) mass is 506 g/mol. The topological polar surface area (TPSA) is 0 Å². The van der Waals surface area contributed by atoms with E-state index in [-0.39, 0.29) is 0 Å². The highest BCUT2D eigenvalue weighted by molar-refractivity contribution is 14.1. The molecule has 0 amide bonds. The minimum atomic E-state index is 1.30. The van der Waals surface area contributed by atoms with E-state index in [0.29, 0.717) is 0 Å². The lowest BCUT2D eigenvalue weighted by Crippen LogP contribution is -1.81. The van der Waals surface area contributed by atoms with Gasteiger partial charge in [-0.3, -0.25) is 0 Å². The third-order valence-electron chi connectivity index (χ3n) is 1.83. The molecule has 0 fully saturated rings. The Labute approximate surface area is 118 Å². The second kappa shape index (κ2) is 4.18. The number of fused-ring (bicyclic) bond motifs is 1. The Morgan fingerprint density at radius 3 is 2.31 bits per heavy atom. The molecule has 0 spiro atoms. The minimum Gasteiger partial charge on any atom is -0.0533 e. The van der Waals surface area contributed by atoms with Gasteiger partial charge in [-0.1, -0.05) is 6.07 Å². The molecule has 0 N–H and O–H groups in total. The van der Waals surface area contributed by atoms with Crippen molar-refractivity contribution in [2.45, 2.75) is 0 Å². The van der Waals surface area contributed by atoms with Crippen LogP contribution >= 0.6 is 67.8 Å². The van der Waals surface area contributed by atoms with Crippen molar-refractivity contribution in [1.82, 2.24) is 0 Å². The fourth-order valence-electron chi connectivity index (χ4n) is 1.25. The number of hydrogen-bond donors (Lipinski definition) is 0. The molecular formula is C10H5I3. The van der Waals surface area contributed by atoms with E-state index in [9.17, 15) is 0 Å². The van der Waals surface area contributed by atoms with Crippen molar-refractivity contribution in [2.75, 3.05) is 0 Å². The van der Waals surface area contributed by atoms with Crippen molar-refractivity contribution in [3.63, 3.8) is 0 Å². The van der Waals surface area contributed by atoms with Gasteiger partial charge in [-0.15, -0.1) is 0 Å². The van der Waals surface area contributed by atoms with Gasteiger partial charge in [-0.05, 0) is 103 Å². The Hall–Kier alpha value is 0.890. The van der Waals surface area contributed by atoms with Crippen LogP contribution in [0.1, 0.15) is 0 Å². The van der Waals surface area contributed by atoms with Crippen LogP contribution in [-0.2, 0) is 0 Å². The summed E-state index contributed by atoms with van der Waals surface area (Å²) in [6.07, 6.45) is 0. The van der Waals surface area contributed by atoms with Crippen molar-refractivity contribution < 1.29 is 0 Å². The summed E-state index contributed by atoms with van der Waals surface area (Å²) in [5.74, 6) is 0. The lowest BCUT2D eigenvalue weighted by molar-refractivity contribution is 1.63. The van der Waals surface area contributed by atoms with Crippen LogP contribution in [0, 0.1) is 10.7 Å². The first kappa shape index (κ1) is 10.4. The largest absolute Gasteiger partial charge is 0.0533 e. The summed E-state index contributed by atoms with van der Waals surface area (Å²) in [4.78, 5) is 0. The number of benzene rings is 2. The summed E-state index contributed by atoms with van der Waals surface area (Å²) in [6.45, 7) is 0. The molecule has 0 aliphatic rings. The predicted molar refractivity (Wildman–Crippen MR) is 82.1 cm³/mol. The quantitative estimate of drug-likeness (QED) is 0.457. The maximum Gasteiger partial charge on any atom is 0.0219 e. The van der Waals surface area contributed by atoms with E-state index in [4.69, 9.17) is 0 Å². The van der Waals surface area contributed by atoms with Crippen LogP contribution in [0.3, 0.4) is 0 Å². The molecule has 0 atom stereocenters. The third kappa shape index (κ3) is 2.28. The second-order valence-corrected chi connectivity index (χ2v) is 6.41. The molecule has 0 bridgehead atoms. The smallest absolute Gasteiger partial charge is 0.0219 e. The number of rotatable bonds is 0. The average Bonchev–Trinajstić information content (AvgIpc) is 2.06. The molecule has 13 heavy (non-hydrogen) atoms. The van der Waals surface area contributed by atoms with E-state index in [1.165, 1.54) is 21.5 Å². The fraction of sp³-hybridized carbons (Fsp3) is 0. The molecular weight excluding hydrogens is 501 g/mol. The lowest BCUT2D eigenvalue weighted by atomic mass is 10.1. The lowest BCUT2D eigenvalue weighted by Gasteiger charge is -2.02. The summed E-state index contributed by atoms with van der Waals surface area (Å²) in [6, 6.07) is 11.0. The van der Waals surface area contributed by atoms with Gasteiger partial charge in [-0.2, -0.15) is 0 Å². The molecule has 0 heterocycles. The first-order chi connectivity index (χ1) is 6.16. The molecule has 2 aromatic rings. The molecule has 0 aliphatic heterocycles. The second-order valence-electron chi connectivity index (χ2n) is 2.75. The van der Waals surface area contributed by atoms with Crippen molar-refractivity contribution in [3.05, 3.63) is 41.0 Å². The van der Waals surface area contributed by atoms with Crippen LogP contribution < -0.4 is 0 Å². The van der Waals surface area contributed by atoms with E-state index in [0.717, 1.165) is 0 Å². The van der Waals surface area contributed by atoms with Gasteiger partial charge in [-0.25, -0.2) is 0 Å². The Balaban J connectivity index is 2.87. The van der Waals surface area contributed by atoms with E-state index >= 15 is 0 Å². The highest BCUT2D eigenvalue weighted by Crippen LogP contribution is 2.25. The normalized spacial score (nSPS) is 10.7. The van der Waals surface area contributed by atoms with Gasteiger partial charge < -0.3 is 0 Å². The first-order valence-electron chi connectivity index (χ1n) is 3.71. The van der Waals surface area contributed by atoms with Gasteiger partial charge in [0, 0.05) is 10.7 Å². The van der Waals surface area contributed by atoms with E-state index < -0.39 is 0 Å². The van der Waals surface area contributed by atoms with Crippen LogP contribution in [0.5, 0.6) is 0 Å². The molecule has 66 valence electrons. The molecule has 2 rings (SSSR count). The number of halogens is 3. The Morgan fingerprint density at radius 1 is 0.769 bits per heavy atom. The number of hydrogen-bond acceptors (Lipinski definition) is 0. The Bertz CT molecular complexity index is 463. The zero-order valence-corrected chi connectivity index (χ0v) is 13.0. The van der Waals surface area contributed by atoms with Gasteiger partial charge >= 0.3 is 0 Å². The molecule has 0 saturated heterocycles. The Kier molecular flexibility index (Phi) is 3.34. The van der Waals surface area contributed by atoms with Crippen LogP contribution in [0.25, 0.3) is 10.8 Å². The van der Waals surface area contributed by atoms with Gasteiger partial charge in [0.2, 0.25) is 0 Å². The molecule has 0 nitrogen and oxygen atoms in total. The third-order valence-corrected chi connectivity index (χ3v) is 4.02. The van der Waals surface area contributed by atoms with E-state index in [2.05, 4.69) is 98.1 Å². The van der Waals surface area contributed by atoms with Crippen LogP contribution in [0.15, 0.2) is 30.3 Å². The van der Waals surface area contributed by atoms with Gasteiger partial charge in [0.1, 0.15) is 0 Å². The van der Waals surface area contributed by atoms with Crippen LogP contribution in [0.2, 0.25) is 0 Å². The highest BCUT2D eigenvalue weighted by Gasteiger charge is 2.00.